The summed E-state index contributed by atoms with van der Waals surface area (Å²) in [6, 6.07) is -1.41. The number of carbonyl (C=O) groups is 1. The molecule has 2 atom stereocenters. The molecule has 3 rings (SSSR count). The second-order valence-electron chi connectivity index (χ2n) is 7.38. The second-order valence-corrected chi connectivity index (χ2v) is 7.38. The zero-order chi connectivity index (χ0) is 17.3. The van der Waals surface area contributed by atoms with Gasteiger partial charge in [0.15, 0.2) is 0 Å². The number of carbonyl (C=O) groups excluding carboxylic acids is 1. The zero-order valence-electron chi connectivity index (χ0n) is 14.2. The molecule has 3 fully saturated rings. The van der Waals surface area contributed by atoms with Gasteiger partial charge in [-0.1, -0.05) is 0 Å². The molecule has 0 spiro atoms. The maximum atomic E-state index is 12.8. The smallest absolute Gasteiger partial charge is 0.334 e. The third kappa shape index (κ3) is 4.53. The van der Waals surface area contributed by atoms with E-state index in [-0.39, 0.29) is 25.2 Å². The average Bonchev–Trinajstić information content (AvgIpc) is 3.24. The number of hydrogen-bond acceptors (Lipinski definition) is 3. The summed E-state index contributed by atoms with van der Waals surface area (Å²) in [6.45, 7) is 5.49. The van der Waals surface area contributed by atoms with Gasteiger partial charge in [0.05, 0.1) is 0 Å². The predicted octanol–water partition coefficient (Wildman–Crippen LogP) is 1.75. The van der Waals surface area contributed by atoms with Crippen LogP contribution >= 0.6 is 0 Å². The topological polar surface area (TPSA) is 38.8 Å². The van der Waals surface area contributed by atoms with Gasteiger partial charge < -0.3 is 15.1 Å². The number of amides is 2. The standard InChI is InChI=1S/C16H27F3N4O/c1-12(16(17,18)19)22-6-8-23(9-7-22)15(24)20-14-4-5-21(11-14)10-13-2-3-13/h12-14H,2-11H2,1H3,(H,20,24)/t12-,14+/m0/s1. The van der Waals surface area contributed by atoms with Gasteiger partial charge in [-0.25, -0.2) is 4.79 Å². The number of nitrogens with one attached hydrogen (secondary N) is 1. The molecule has 1 aliphatic carbocycles. The van der Waals surface area contributed by atoms with Crippen LogP contribution in [0.3, 0.4) is 0 Å². The quantitative estimate of drug-likeness (QED) is 0.841. The van der Waals surface area contributed by atoms with E-state index in [9.17, 15) is 18.0 Å². The molecule has 0 radical (unpaired) electrons. The lowest BCUT2D eigenvalue weighted by Crippen LogP contribution is -2.57. The van der Waals surface area contributed by atoms with E-state index in [0.29, 0.717) is 13.1 Å². The Hall–Kier alpha value is -1.02. The molecule has 0 aromatic heterocycles. The summed E-state index contributed by atoms with van der Waals surface area (Å²) >= 11 is 0. The van der Waals surface area contributed by atoms with E-state index in [2.05, 4.69) is 10.2 Å². The van der Waals surface area contributed by atoms with Gasteiger partial charge in [-0.15, -0.1) is 0 Å². The summed E-state index contributed by atoms with van der Waals surface area (Å²) < 4.78 is 38.3. The van der Waals surface area contributed by atoms with E-state index in [1.165, 1.54) is 24.7 Å². The van der Waals surface area contributed by atoms with Crippen LogP contribution in [0.5, 0.6) is 0 Å². The fraction of sp³-hybridized carbons (Fsp3) is 0.938. The van der Waals surface area contributed by atoms with Crippen molar-refractivity contribution in [1.82, 2.24) is 20.0 Å². The van der Waals surface area contributed by atoms with Crippen molar-refractivity contribution in [3.05, 3.63) is 0 Å². The highest BCUT2D eigenvalue weighted by atomic mass is 19.4. The molecule has 3 aliphatic rings. The van der Waals surface area contributed by atoms with E-state index >= 15 is 0 Å². The molecule has 1 N–H and O–H groups in total. The van der Waals surface area contributed by atoms with Crippen LogP contribution in [0.15, 0.2) is 0 Å². The first kappa shape index (κ1) is 17.8. The van der Waals surface area contributed by atoms with Gasteiger partial charge in [0.1, 0.15) is 6.04 Å². The summed E-state index contributed by atoms with van der Waals surface area (Å²) in [5, 5.41) is 3.05. The largest absolute Gasteiger partial charge is 0.403 e. The van der Waals surface area contributed by atoms with Crippen molar-refractivity contribution in [2.45, 2.75) is 44.4 Å². The summed E-state index contributed by atoms with van der Waals surface area (Å²) in [6.07, 6.45) is -0.592. The lowest BCUT2D eigenvalue weighted by molar-refractivity contribution is -0.181. The molecule has 5 nitrogen and oxygen atoms in total. The minimum atomic E-state index is -4.21. The van der Waals surface area contributed by atoms with Crippen molar-refractivity contribution < 1.29 is 18.0 Å². The Balaban J connectivity index is 1.39. The van der Waals surface area contributed by atoms with E-state index in [4.69, 9.17) is 0 Å². The molecule has 138 valence electrons. The van der Waals surface area contributed by atoms with Gasteiger partial charge in [0.2, 0.25) is 0 Å². The monoisotopic (exact) mass is 348 g/mol. The highest BCUT2D eigenvalue weighted by Crippen LogP contribution is 2.30. The van der Waals surface area contributed by atoms with Crippen LogP contribution in [0.4, 0.5) is 18.0 Å². The van der Waals surface area contributed by atoms with Crippen molar-refractivity contribution >= 4 is 6.03 Å². The predicted molar refractivity (Wildman–Crippen MR) is 84.8 cm³/mol. The van der Waals surface area contributed by atoms with E-state index in [1.807, 2.05) is 0 Å². The molecule has 8 heteroatoms. The molecule has 0 bridgehead atoms. The third-order valence-electron chi connectivity index (χ3n) is 5.44. The van der Waals surface area contributed by atoms with Crippen molar-refractivity contribution in [2.24, 2.45) is 5.92 Å². The van der Waals surface area contributed by atoms with Crippen molar-refractivity contribution in [2.75, 3.05) is 45.8 Å². The molecule has 2 saturated heterocycles. The summed E-state index contributed by atoms with van der Waals surface area (Å²) in [5.74, 6) is 0.850. The Morgan fingerprint density at radius 2 is 1.79 bits per heavy atom. The Morgan fingerprint density at radius 3 is 2.38 bits per heavy atom. The molecule has 2 aliphatic heterocycles. The summed E-state index contributed by atoms with van der Waals surface area (Å²) in [7, 11) is 0. The van der Waals surface area contributed by atoms with E-state index < -0.39 is 12.2 Å². The fourth-order valence-corrected chi connectivity index (χ4v) is 3.57. The first-order valence-corrected chi connectivity index (χ1v) is 8.91. The molecule has 2 amide bonds. The Kier molecular flexibility index (Phi) is 5.24. The second kappa shape index (κ2) is 7.07. The highest BCUT2D eigenvalue weighted by Gasteiger charge is 2.41. The van der Waals surface area contributed by atoms with Crippen molar-refractivity contribution in [3.63, 3.8) is 0 Å². The SMILES string of the molecule is C[C@H](N1CCN(C(=O)N[C@@H]2CCN(CC3CC3)C2)CC1)C(F)(F)F. The van der Waals surface area contributed by atoms with Crippen LogP contribution < -0.4 is 5.32 Å². The summed E-state index contributed by atoms with van der Waals surface area (Å²) in [4.78, 5) is 17.8. The lowest BCUT2D eigenvalue weighted by Gasteiger charge is -2.38. The number of urea groups is 1. The van der Waals surface area contributed by atoms with Crippen molar-refractivity contribution in [3.8, 4) is 0 Å². The van der Waals surface area contributed by atoms with Gasteiger partial charge in [-0.2, -0.15) is 13.2 Å². The van der Waals surface area contributed by atoms with E-state index in [1.54, 1.807) is 4.90 Å². The van der Waals surface area contributed by atoms with Crippen LogP contribution in [0, 0.1) is 5.92 Å². The Labute approximate surface area is 141 Å². The number of likely N-dealkylation sites (tertiary alicyclic amines) is 1. The van der Waals surface area contributed by atoms with Gasteiger partial charge >= 0.3 is 12.2 Å². The number of piperazine rings is 1. The van der Waals surface area contributed by atoms with Gasteiger partial charge in [-0.3, -0.25) is 4.90 Å². The maximum Gasteiger partial charge on any atom is 0.403 e. The lowest BCUT2D eigenvalue weighted by atomic mass is 10.2. The molecule has 1 saturated carbocycles. The third-order valence-corrected chi connectivity index (χ3v) is 5.44. The zero-order valence-corrected chi connectivity index (χ0v) is 14.2. The fourth-order valence-electron chi connectivity index (χ4n) is 3.57. The number of hydrogen-bond donors (Lipinski definition) is 1. The molecule has 0 aromatic rings. The molecule has 24 heavy (non-hydrogen) atoms. The molecular formula is C16H27F3N4O. The van der Waals surface area contributed by atoms with E-state index in [0.717, 1.165) is 32.0 Å². The first-order chi connectivity index (χ1) is 11.3. The molecule has 0 unspecified atom stereocenters. The Bertz CT molecular complexity index is 447. The first-order valence-electron chi connectivity index (χ1n) is 8.91. The molecular weight excluding hydrogens is 321 g/mol. The van der Waals surface area contributed by atoms with Crippen LogP contribution in [0.1, 0.15) is 26.2 Å². The van der Waals surface area contributed by atoms with Crippen molar-refractivity contribution in [1.29, 1.82) is 0 Å². The summed E-state index contributed by atoms with van der Waals surface area (Å²) in [5.41, 5.74) is 0. The van der Waals surface area contributed by atoms with Crippen LogP contribution in [0.25, 0.3) is 0 Å². The Morgan fingerprint density at radius 1 is 1.12 bits per heavy atom. The highest BCUT2D eigenvalue weighted by molar-refractivity contribution is 5.74. The number of alkyl halides is 3. The average molecular weight is 348 g/mol. The maximum absolute atomic E-state index is 12.8. The normalized spacial score (nSPS) is 28.2. The van der Waals surface area contributed by atoms with Crippen LogP contribution in [0.2, 0.25) is 0 Å². The number of rotatable bonds is 4. The van der Waals surface area contributed by atoms with Gasteiger partial charge in [-0.05, 0) is 32.1 Å². The van der Waals surface area contributed by atoms with Crippen LogP contribution in [-0.2, 0) is 0 Å². The molecule has 0 aromatic carbocycles. The molecule has 2 heterocycles. The minimum absolute atomic E-state index is 0.132. The van der Waals surface area contributed by atoms with Gasteiger partial charge in [0.25, 0.3) is 0 Å². The van der Waals surface area contributed by atoms with Gasteiger partial charge in [0, 0.05) is 51.9 Å². The number of nitrogens with zero attached hydrogens (tertiary/aromatic N) is 3. The number of halogens is 3. The minimum Gasteiger partial charge on any atom is -0.334 e. The van der Waals surface area contributed by atoms with Crippen LogP contribution in [-0.4, -0.2) is 84.8 Å².